The van der Waals surface area contributed by atoms with Gasteiger partial charge in [0, 0.05) is 6.42 Å². The van der Waals surface area contributed by atoms with Crippen LogP contribution in [-0.4, -0.2) is 25.0 Å². The second-order valence-electron chi connectivity index (χ2n) is 4.95. The third-order valence-electron chi connectivity index (χ3n) is 3.37. The normalized spacial score (nSPS) is 11.7. The summed E-state index contributed by atoms with van der Waals surface area (Å²) < 4.78 is 45.2. The summed E-state index contributed by atoms with van der Waals surface area (Å²) in [5.41, 5.74) is -0.384. The molecule has 1 N–H and O–H groups in total. The second kappa shape index (κ2) is 7.63. The average Bonchev–Trinajstić information content (AvgIpc) is 2.57. The van der Waals surface area contributed by atoms with Crippen molar-refractivity contribution in [2.75, 3.05) is 7.11 Å². The molecule has 2 rings (SSSR count). The van der Waals surface area contributed by atoms with E-state index in [0.29, 0.717) is 0 Å². The fourth-order valence-electron chi connectivity index (χ4n) is 2.13. The van der Waals surface area contributed by atoms with Crippen LogP contribution in [0, 0.1) is 17.5 Å². The molecule has 0 aliphatic rings. The third-order valence-corrected chi connectivity index (χ3v) is 3.37. The van der Waals surface area contributed by atoms with Gasteiger partial charge in [-0.25, -0.2) is 18.0 Å². The molecule has 4 nitrogen and oxygen atoms in total. The quantitative estimate of drug-likeness (QED) is 0.854. The lowest BCUT2D eigenvalue weighted by Crippen LogP contribution is -2.43. The minimum atomic E-state index is -1.33. The zero-order valence-corrected chi connectivity index (χ0v) is 12.7. The minimum Gasteiger partial charge on any atom is -0.467 e. The average molecular weight is 337 g/mol. The standard InChI is InChI=1S/C17H14F3NO3/c1-24-17(23)14(9-10-5-2-3-7-12(10)18)21-16(22)11-6-4-8-13(19)15(11)20/h2-8,14H,9H2,1H3,(H,21,22)/t14-/m1/s1. The number of rotatable bonds is 5. The Kier molecular flexibility index (Phi) is 5.57. The molecule has 126 valence electrons. The summed E-state index contributed by atoms with van der Waals surface area (Å²) in [6.45, 7) is 0. The van der Waals surface area contributed by atoms with E-state index < -0.39 is 40.9 Å². The van der Waals surface area contributed by atoms with Gasteiger partial charge < -0.3 is 10.1 Å². The lowest BCUT2D eigenvalue weighted by atomic mass is 10.0. The number of methoxy groups -OCH3 is 1. The first-order valence-corrected chi connectivity index (χ1v) is 7.00. The molecule has 0 bridgehead atoms. The zero-order chi connectivity index (χ0) is 17.7. The van der Waals surface area contributed by atoms with E-state index in [2.05, 4.69) is 10.1 Å². The van der Waals surface area contributed by atoms with Crippen LogP contribution in [0.5, 0.6) is 0 Å². The highest BCUT2D eigenvalue weighted by Gasteiger charge is 2.25. The number of amides is 1. The number of carbonyl (C=O) groups excluding carboxylic acids is 2. The topological polar surface area (TPSA) is 55.4 Å². The van der Waals surface area contributed by atoms with E-state index in [4.69, 9.17) is 0 Å². The highest BCUT2D eigenvalue weighted by Crippen LogP contribution is 2.13. The van der Waals surface area contributed by atoms with Crippen molar-refractivity contribution in [3.8, 4) is 0 Å². The Morgan fingerprint density at radius 2 is 1.71 bits per heavy atom. The summed E-state index contributed by atoms with van der Waals surface area (Å²) in [5.74, 6) is -4.91. The lowest BCUT2D eigenvalue weighted by molar-refractivity contribution is -0.142. The molecule has 0 spiro atoms. The van der Waals surface area contributed by atoms with E-state index in [1.165, 1.54) is 18.2 Å². The van der Waals surface area contributed by atoms with E-state index in [1.54, 1.807) is 6.07 Å². The first-order chi connectivity index (χ1) is 11.4. The molecule has 1 amide bonds. The maximum Gasteiger partial charge on any atom is 0.328 e. The molecule has 2 aromatic carbocycles. The highest BCUT2D eigenvalue weighted by molar-refractivity contribution is 5.97. The van der Waals surface area contributed by atoms with Crippen molar-refractivity contribution >= 4 is 11.9 Å². The molecule has 0 aliphatic heterocycles. The SMILES string of the molecule is COC(=O)[C@@H](Cc1ccccc1F)NC(=O)c1cccc(F)c1F. The van der Waals surface area contributed by atoms with Crippen molar-refractivity contribution in [3.63, 3.8) is 0 Å². The Labute approximate surface area is 136 Å². The Hall–Kier alpha value is -2.83. The van der Waals surface area contributed by atoms with Crippen LogP contribution in [0.2, 0.25) is 0 Å². The number of halogens is 3. The molecule has 0 saturated carbocycles. The van der Waals surface area contributed by atoms with Crippen molar-refractivity contribution < 1.29 is 27.5 Å². The number of benzene rings is 2. The van der Waals surface area contributed by atoms with Crippen LogP contribution >= 0.6 is 0 Å². The molecule has 2 aromatic rings. The summed E-state index contributed by atoms with van der Waals surface area (Å²) in [4.78, 5) is 23.9. The van der Waals surface area contributed by atoms with Gasteiger partial charge in [0.15, 0.2) is 11.6 Å². The number of hydrogen-bond acceptors (Lipinski definition) is 3. The van der Waals surface area contributed by atoms with E-state index >= 15 is 0 Å². The fourth-order valence-corrected chi connectivity index (χ4v) is 2.13. The predicted molar refractivity (Wildman–Crippen MR) is 79.7 cm³/mol. The van der Waals surface area contributed by atoms with Crippen molar-refractivity contribution in [2.24, 2.45) is 0 Å². The summed E-state index contributed by atoms with van der Waals surface area (Å²) in [6.07, 6.45) is -0.192. The minimum absolute atomic E-state index is 0.174. The number of hydrogen-bond donors (Lipinski definition) is 1. The Bertz CT molecular complexity index is 764. The van der Waals surface area contributed by atoms with Crippen LogP contribution in [-0.2, 0) is 16.0 Å². The van der Waals surface area contributed by atoms with Gasteiger partial charge >= 0.3 is 5.97 Å². The Morgan fingerprint density at radius 3 is 2.38 bits per heavy atom. The first kappa shape index (κ1) is 17.5. The fraction of sp³-hybridized carbons (Fsp3) is 0.176. The van der Waals surface area contributed by atoms with E-state index in [-0.39, 0.29) is 12.0 Å². The second-order valence-corrected chi connectivity index (χ2v) is 4.95. The van der Waals surface area contributed by atoms with Crippen molar-refractivity contribution in [1.82, 2.24) is 5.32 Å². The number of ether oxygens (including phenoxy) is 1. The van der Waals surface area contributed by atoms with Gasteiger partial charge in [-0.3, -0.25) is 4.79 Å². The summed E-state index contributed by atoms with van der Waals surface area (Å²) in [5, 5.41) is 2.24. The maximum absolute atomic E-state index is 13.7. The van der Waals surface area contributed by atoms with Gasteiger partial charge in [0.1, 0.15) is 11.9 Å². The van der Waals surface area contributed by atoms with Crippen LogP contribution < -0.4 is 5.32 Å². The van der Waals surface area contributed by atoms with Gasteiger partial charge in [-0.05, 0) is 23.8 Å². The first-order valence-electron chi connectivity index (χ1n) is 7.00. The van der Waals surface area contributed by atoms with Crippen LogP contribution in [0.25, 0.3) is 0 Å². The van der Waals surface area contributed by atoms with Crippen molar-refractivity contribution in [1.29, 1.82) is 0 Å². The van der Waals surface area contributed by atoms with Gasteiger partial charge in [0.05, 0.1) is 12.7 Å². The molecule has 0 aliphatic carbocycles. The lowest BCUT2D eigenvalue weighted by Gasteiger charge is -2.17. The van der Waals surface area contributed by atoms with E-state index in [9.17, 15) is 22.8 Å². The van der Waals surface area contributed by atoms with Gasteiger partial charge in [-0.15, -0.1) is 0 Å². The maximum atomic E-state index is 13.7. The van der Waals surface area contributed by atoms with E-state index in [0.717, 1.165) is 25.3 Å². The van der Waals surface area contributed by atoms with Crippen LogP contribution in [0.15, 0.2) is 42.5 Å². The number of carbonyl (C=O) groups is 2. The van der Waals surface area contributed by atoms with E-state index in [1.807, 2.05) is 0 Å². The van der Waals surface area contributed by atoms with Crippen LogP contribution in [0.1, 0.15) is 15.9 Å². The molecule has 24 heavy (non-hydrogen) atoms. The molecular weight excluding hydrogens is 323 g/mol. The molecule has 1 atom stereocenters. The largest absolute Gasteiger partial charge is 0.467 e. The molecule has 0 heterocycles. The molecule has 0 unspecified atom stereocenters. The van der Waals surface area contributed by atoms with Gasteiger partial charge in [0.25, 0.3) is 5.91 Å². The smallest absolute Gasteiger partial charge is 0.328 e. The van der Waals surface area contributed by atoms with Crippen LogP contribution in [0.3, 0.4) is 0 Å². The molecular formula is C17H14F3NO3. The molecule has 0 aromatic heterocycles. The molecule has 0 radical (unpaired) electrons. The van der Waals surface area contributed by atoms with Crippen molar-refractivity contribution in [2.45, 2.75) is 12.5 Å². The summed E-state index contributed by atoms with van der Waals surface area (Å²) in [7, 11) is 1.10. The molecule has 0 saturated heterocycles. The molecule has 7 heteroatoms. The zero-order valence-electron chi connectivity index (χ0n) is 12.7. The molecule has 0 fully saturated rings. The number of nitrogens with one attached hydrogen (secondary N) is 1. The number of esters is 1. The Balaban J connectivity index is 2.23. The highest BCUT2D eigenvalue weighted by atomic mass is 19.2. The van der Waals surface area contributed by atoms with Gasteiger partial charge in [-0.2, -0.15) is 0 Å². The van der Waals surface area contributed by atoms with Crippen molar-refractivity contribution in [3.05, 3.63) is 71.0 Å². The summed E-state index contributed by atoms with van der Waals surface area (Å²) >= 11 is 0. The Morgan fingerprint density at radius 1 is 1.04 bits per heavy atom. The van der Waals surface area contributed by atoms with Gasteiger partial charge in [0.2, 0.25) is 0 Å². The van der Waals surface area contributed by atoms with Crippen LogP contribution in [0.4, 0.5) is 13.2 Å². The van der Waals surface area contributed by atoms with Gasteiger partial charge in [-0.1, -0.05) is 24.3 Å². The third kappa shape index (κ3) is 3.92. The summed E-state index contributed by atoms with van der Waals surface area (Å²) in [6, 6.07) is 7.55. The predicted octanol–water partition coefficient (Wildman–Crippen LogP) is 2.62. The monoisotopic (exact) mass is 337 g/mol.